The Kier molecular flexibility index (Phi) is 3.16. The van der Waals surface area contributed by atoms with Crippen molar-refractivity contribution in [2.45, 2.75) is 34.7 Å². The SMILES string of the molecule is OC1CCC(Br)C(Br)C1O. The number of halogens is 2. The van der Waals surface area contributed by atoms with Crippen LogP contribution in [0.1, 0.15) is 12.8 Å². The fourth-order valence-electron chi connectivity index (χ4n) is 1.09. The number of aliphatic hydroxyl groups is 2. The summed E-state index contributed by atoms with van der Waals surface area (Å²) in [5.74, 6) is 0. The van der Waals surface area contributed by atoms with Crippen molar-refractivity contribution in [2.24, 2.45) is 0 Å². The maximum Gasteiger partial charge on any atom is 0.0934 e. The molecule has 1 saturated carbocycles. The first-order chi connectivity index (χ1) is 4.63. The second kappa shape index (κ2) is 3.52. The first-order valence-electron chi connectivity index (χ1n) is 3.27. The Bertz CT molecular complexity index is 106. The van der Waals surface area contributed by atoms with Crippen molar-refractivity contribution in [2.75, 3.05) is 0 Å². The number of aliphatic hydroxyl groups excluding tert-OH is 2. The molecular formula is C6H10Br2O2. The van der Waals surface area contributed by atoms with Gasteiger partial charge in [0.15, 0.2) is 0 Å². The summed E-state index contributed by atoms with van der Waals surface area (Å²) in [6.07, 6.45) is 0.407. The van der Waals surface area contributed by atoms with E-state index in [-0.39, 0.29) is 9.65 Å². The predicted octanol–water partition coefficient (Wildman–Crippen LogP) is 1.03. The van der Waals surface area contributed by atoms with Gasteiger partial charge in [-0.15, -0.1) is 0 Å². The predicted molar refractivity (Wildman–Crippen MR) is 46.7 cm³/mol. The molecule has 4 heteroatoms. The molecule has 1 rings (SSSR count). The molecule has 0 aliphatic heterocycles. The molecule has 2 N–H and O–H groups in total. The van der Waals surface area contributed by atoms with Crippen LogP contribution < -0.4 is 0 Å². The van der Waals surface area contributed by atoms with Crippen molar-refractivity contribution in [3.05, 3.63) is 0 Å². The van der Waals surface area contributed by atoms with Crippen LogP contribution in [0.5, 0.6) is 0 Å². The van der Waals surface area contributed by atoms with E-state index in [4.69, 9.17) is 5.11 Å². The van der Waals surface area contributed by atoms with Crippen LogP contribution in [-0.4, -0.2) is 32.1 Å². The van der Waals surface area contributed by atoms with Gasteiger partial charge in [0, 0.05) is 4.83 Å². The van der Waals surface area contributed by atoms with Crippen LogP contribution >= 0.6 is 31.9 Å². The molecule has 0 aromatic heterocycles. The van der Waals surface area contributed by atoms with Crippen LogP contribution in [0.25, 0.3) is 0 Å². The minimum absolute atomic E-state index is 0.0174. The van der Waals surface area contributed by atoms with Crippen LogP contribution in [-0.2, 0) is 0 Å². The average molecular weight is 274 g/mol. The highest BCUT2D eigenvalue weighted by atomic mass is 79.9. The lowest BCUT2D eigenvalue weighted by molar-refractivity contribution is -0.000801. The summed E-state index contributed by atoms with van der Waals surface area (Å²) in [5.41, 5.74) is 0. The first-order valence-corrected chi connectivity index (χ1v) is 5.10. The van der Waals surface area contributed by atoms with Crippen molar-refractivity contribution in [3.8, 4) is 0 Å². The smallest absolute Gasteiger partial charge is 0.0934 e. The number of alkyl halides is 2. The van der Waals surface area contributed by atoms with E-state index in [9.17, 15) is 5.11 Å². The van der Waals surface area contributed by atoms with E-state index in [1.165, 1.54) is 0 Å². The topological polar surface area (TPSA) is 40.5 Å². The minimum atomic E-state index is -0.627. The van der Waals surface area contributed by atoms with E-state index < -0.39 is 12.2 Å². The van der Waals surface area contributed by atoms with Gasteiger partial charge in [0.2, 0.25) is 0 Å². The van der Waals surface area contributed by atoms with Gasteiger partial charge in [0.25, 0.3) is 0 Å². The van der Waals surface area contributed by atoms with Crippen LogP contribution in [0.3, 0.4) is 0 Å². The van der Waals surface area contributed by atoms with Crippen LogP contribution in [0.4, 0.5) is 0 Å². The fraction of sp³-hybridized carbons (Fsp3) is 1.00. The lowest BCUT2D eigenvalue weighted by atomic mass is 9.95. The summed E-state index contributed by atoms with van der Waals surface area (Å²) in [6.45, 7) is 0. The van der Waals surface area contributed by atoms with Crippen molar-refractivity contribution < 1.29 is 10.2 Å². The van der Waals surface area contributed by atoms with Gasteiger partial charge in [-0.05, 0) is 12.8 Å². The highest BCUT2D eigenvalue weighted by Gasteiger charge is 2.34. The molecule has 0 heterocycles. The van der Waals surface area contributed by atoms with E-state index in [1.807, 2.05) is 0 Å². The second-order valence-electron chi connectivity index (χ2n) is 2.60. The highest BCUT2D eigenvalue weighted by Crippen LogP contribution is 2.30. The Hall–Kier alpha value is 0.880. The molecule has 60 valence electrons. The van der Waals surface area contributed by atoms with Crippen molar-refractivity contribution >= 4 is 31.9 Å². The van der Waals surface area contributed by atoms with E-state index in [2.05, 4.69) is 31.9 Å². The average Bonchev–Trinajstić information content (AvgIpc) is 1.93. The maximum absolute atomic E-state index is 9.29. The monoisotopic (exact) mass is 272 g/mol. The first kappa shape index (κ1) is 8.97. The molecule has 0 bridgehead atoms. The van der Waals surface area contributed by atoms with Gasteiger partial charge in [-0.2, -0.15) is 0 Å². The molecule has 4 atom stereocenters. The molecule has 1 aliphatic rings. The fourth-order valence-corrected chi connectivity index (χ4v) is 2.28. The molecule has 0 spiro atoms. The largest absolute Gasteiger partial charge is 0.390 e. The highest BCUT2D eigenvalue weighted by molar-refractivity contribution is 9.12. The summed E-state index contributed by atoms with van der Waals surface area (Å²) in [7, 11) is 0. The Morgan fingerprint density at radius 3 is 2.20 bits per heavy atom. The molecule has 2 nitrogen and oxygen atoms in total. The number of rotatable bonds is 0. The molecule has 0 aromatic carbocycles. The quantitative estimate of drug-likeness (QED) is 0.648. The van der Waals surface area contributed by atoms with Gasteiger partial charge in [-0.3, -0.25) is 0 Å². The van der Waals surface area contributed by atoms with Gasteiger partial charge in [0.1, 0.15) is 0 Å². The van der Waals surface area contributed by atoms with Crippen molar-refractivity contribution in [1.29, 1.82) is 0 Å². The Labute approximate surface area is 76.9 Å². The molecule has 4 unspecified atom stereocenters. The molecule has 10 heavy (non-hydrogen) atoms. The van der Waals surface area contributed by atoms with Crippen LogP contribution in [0.2, 0.25) is 0 Å². The zero-order chi connectivity index (χ0) is 7.72. The molecular weight excluding hydrogens is 264 g/mol. The number of hydrogen-bond acceptors (Lipinski definition) is 2. The summed E-state index contributed by atoms with van der Waals surface area (Å²) < 4.78 is 0. The standard InChI is InChI=1S/C6H10Br2O2/c7-3-1-2-4(9)6(10)5(3)8/h3-6,9-10H,1-2H2. The van der Waals surface area contributed by atoms with Gasteiger partial charge in [-0.1, -0.05) is 31.9 Å². The third-order valence-electron chi connectivity index (χ3n) is 1.80. The second-order valence-corrected chi connectivity index (χ2v) is 4.83. The Morgan fingerprint density at radius 2 is 1.70 bits per heavy atom. The lowest BCUT2D eigenvalue weighted by Crippen LogP contribution is -2.43. The summed E-state index contributed by atoms with van der Waals surface area (Å²) in [6, 6.07) is 0. The molecule has 1 aliphatic carbocycles. The van der Waals surface area contributed by atoms with E-state index in [0.717, 1.165) is 6.42 Å². The molecule has 0 saturated heterocycles. The van der Waals surface area contributed by atoms with E-state index in [0.29, 0.717) is 6.42 Å². The molecule has 1 fully saturated rings. The van der Waals surface area contributed by atoms with E-state index in [1.54, 1.807) is 0 Å². The van der Waals surface area contributed by atoms with Crippen molar-refractivity contribution in [1.82, 2.24) is 0 Å². The van der Waals surface area contributed by atoms with Gasteiger partial charge in [0.05, 0.1) is 17.0 Å². The van der Waals surface area contributed by atoms with E-state index >= 15 is 0 Å². The normalized spacial score (nSPS) is 49.2. The van der Waals surface area contributed by atoms with Gasteiger partial charge >= 0.3 is 0 Å². The van der Waals surface area contributed by atoms with Crippen LogP contribution in [0, 0.1) is 0 Å². The zero-order valence-electron chi connectivity index (χ0n) is 5.37. The zero-order valence-corrected chi connectivity index (χ0v) is 8.55. The Morgan fingerprint density at radius 1 is 1.10 bits per heavy atom. The maximum atomic E-state index is 9.29. The molecule has 0 radical (unpaired) electrons. The third kappa shape index (κ3) is 1.72. The summed E-state index contributed by atoms with van der Waals surface area (Å²) in [5, 5.41) is 18.5. The summed E-state index contributed by atoms with van der Waals surface area (Å²) in [4.78, 5) is 0.266. The molecule has 0 amide bonds. The van der Waals surface area contributed by atoms with Gasteiger partial charge in [-0.25, -0.2) is 0 Å². The lowest BCUT2D eigenvalue weighted by Gasteiger charge is -2.31. The Balaban J connectivity index is 2.52. The van der Waals surface area contributed by atoms with Gasteiger partial charge < -0.3 is 10.2 Å². The molecule has 0 aromatic rings. The third-order valence-corrected chi connectivity index (χ3v) is 4.72. The summed E-state index contributed by atoms with van der Waals surface area (Å²) >= 11 is 6.71. The number of hydrogen-bond donors (Lipinski definition) is 2. The minimum Gasteiger partial charge on any atom is -0.390 e. The van der Waals surface area contributed by atoms with Crippen molar-refractivity contribution in [3.63, 3.8) is 0 Å². The van der Waals surface area contributed by atoms with Crippen LogP contribution in [0.15, 0.2) is 0 Å².